The van der Waals surface area contributed by atoms with Crippen LogP contribution in [0, 0.1) is 3.57 Å². The zero-order valence-corrected chi connectivity index (χ0v) is 21.4. The van der Waals surface area contributed by atoms with Gasteiger partial charge in [0.25, 0.3) is 11.8 Å². The Kier molecular flexibility index (Phi) is 8.38. The number of anilines is 1. The van der Waals surface area contributed by atoms with Gasteiger partial charge in [0, 0.05) is 12.7 Å². The molecular formula is C22H21IN2O5S2. The van der Waals surface area contributed by atoms with Crippen molar-refractivity contribution in [1.82, 2.24) is 4.90 Å². The molecule has 0 aliphatic carbocycles. The van der Waals surface area contributed by atoms with Gasteiger partial charge < -0.3 is 19.5 Å². The maximum atomic E-state index is 12.3. The smallest absolute Gasteiger partial charge is 0.265 e. The molecule has 2 aromatic carbocycles. The Balaban J connectivity index is 1.74. The van der Waals surface area contributed by atoms with Crippen molar-refractivity contribution < 1.29 is 23.8 Å². The van der Waals surface area contributed by atoms with Crippen molar-refractivity contribution in [1.29, 1.82) is 0 Å². The fourth-order valence-electron chi connectivity index (χ4n) is 2.78. The molecule has 1 heterocycles. The van der Waals surface area contributed by atoms with Gasteiger partial charge in [0.1, 0.15) is 10.1 Å². The molecule has 168 valence electrons. The lowest BCUT2D eigenvalue weighted by molar-refractivity contribution is -0.121. The lowest BCUT2D eigenvalue weighted by Crippen LogP contribution is -2.22. The number of likely N-dealkylation sites (N-methyl/N-ethyl adjacent to an activating group) is 1. The van der Waals surface area contributed by atoms with E-state index in [1.807, 2.05) is 13.0 Å². The number of carbonyl (C=O) groups excluding carboxylic acids is 2. The van der Waals surface area contributed by atoms with Crippen LogP contribution in [-0.2, 0) is 9.59 Å². The van der Waals surface area contributed by atoms with Crippen molar-refractivity contribution in [3.8, 4) is 17.2 Å². The van der Waals surface area contributed by atoms with Crippen molar-refractivity contribution in [2.45, 2.75) is 6.92 Å². The summed E-state index contributed by atoms with van der Waals surface area (Å²) in [5.41, 5.74) is 1.42. The van der Waals surface area contributed by atoms with Crippen LogP contribution in [-0.4, -0.2) is 48.4 Å². The second-order valence-corrected chi connectivity index (χ2v) is 9.41. The second kappa shape index (κ2) is 11.0. The van der Waals surface area contributed by atoms with Crippen LogP contribution >= 0.6 is 46.6 Å². The van der Waals surface area contributed by atoms with E-state index in [0.717, 1.165) is 9.13 Å². The monoisotopic (exact) mass is 584 g/mol. The minimum Gasteiger partial charge on any atom is -0.497 e. The Labute approximate surface area is 209 Å². The van der Waals surface area contributed by atoms with E-state index in [9.17, 15) is 9.59 Å². The third-order valence-corrected chi connectivity index (χ3v) is 6.62. The number of hydrogen-bond acceptors (Lipinski definition) is 7. The largest absolute Gasteiger partial charge is 0.497 e. The second-order valence-electron chi connectivity index (χ2n) is 6.57. The molecule has 0 atom stereocenters. The number of rotatable bonds is 8. The van der Waals surface area contributed by atoms with E-state index < -0.39 is 0 Å². The van der Waals surface area contributed by atoms with E-state index in [0.29, 0.717) is 38.8 Å². The Morgan fingerprint density at radius 2 is 1.97 bits per heavy atom. The highest BCUT2D eigenvalue weighted by atomic mass is 127. The van der Waals surface area contributed by atoms with Crippen molar-refractivity contribution in [3.63, 3.8) is 0 Å². The number of halogens is 1. The quantitative estimate of drug-likeness (QED) is 0.277. The van der Waals surface area contributed by atoms with Crippen molar-refractivity contribution in [2.24, 2.45) is 0 Å². The zero-order chi connectivity index (χ0) is 23.3. The molecule has 1 fully saturated rings. The summed E-state index contributed by atoms with van der Waals surface area (Å²) in [6, 6.07) is 10.7. The fraction of sp³-hybridized carbons (Fsp3) is 0.227. The number of ether oxygens (including phenoxy) is 3. The first-order valence-electron chi connectivity index (χ1n) is 9.57. The molecule has 0 unspecified atom stereocenters. The Hall–Kier alpha value is -2.31. The topological polar surface area (TPSA) is 77.1 Å². The summed E-state index contributed by atoms with van der Waals surface area (Å²) in [5, 5.41) is 2.78. The van der Waals surface area contributed by atoms with Gasteiger partial charge in [0.15, 0.2) is 18.1 Å². The van der Waals surface area contributed by atoms with Gasteiger partial charge in [-0.05, 0) is 77.6 Å². The number of benzene rings is 2. The van der Waals surface area contributed by atoms with Gasteiger partial charge in [-0.25, -0.2) is 0 Å². The van der Waals surface area contributed by atoms with E-state index in [1.54, 1.807) is 50.6 Å². The molecule has 0 aromatic heterocycles. The van der Waals surface area contributed by atoms with Gasteiger partial charge in [0.2, 0.25) is 0 Å². The molecule has 2 aromatic rings. The molecule has 1 aliphatic heterocycles. The van der Waals surface area contributed by atoms with Crippen LogP contribution in [0.15, 0.2) is 41.3 Å². The van der Waals surface area contributed by atoms with E-state index in [4.69, 9.17) is 26.4 Å². The van der Waals surface area contributed by atoms with Crippen LogP contribution in [0.25, 0.3) is 6.08 Å². The Morgan fingerprint density at radius 1 is 1.25 bits per heavy atom. The molecule has 1 saturated heterocycles. The molecule has 0 spiro atoms. The minimum atomic E-state index is -0.302. The number of thioether (sulfide) groups is 1. The first-order chi connectivity index (χ1) is 15.3. The summed E-state index contributed by atoms with van der Waals surface area (Å²) in [7, 11) is 3.24. The predicted molar refractivity (Wildman–Crippen MR) is 138 cm³/mol. The molecule has 0 bridgehead atoms. The van der Waals surface area contributed by atoms with E-state index in [1.165, 1.54) is 16.7 Å². The van der Waals surface area contributed by atoms with Gasteiger partial charge in [-0.2, -0.15) is 0 Å². The third kappa shape index (κ3) is 5.93. The molecule has 10 heteroatoms. The van der Waals surface area contributed by atoms with E-state index in [2.05, 4.69) is 27.9 Å². The summed E-state index contributed by atoms with van der Waals surface area (Å²) >= 11 is 8.56. The third-order valence-electron chi connectivity index (χ3n) is 4.34. The first-order valence-corrected chi connectivity index (χ1v) is 11.9. The molecule has 32 heavy (non-hydrogen) atoms. The number of hydrogen-bond donors (Lipinski definition) is 1. The van der Waals surface area contributed by atoms with Gasteiger partial charge in [-0.1, -0.05) is 24.0 Å². The number of nitrogens with one attached hydrogen (secondary N) is 1. The minimum absolute atomic E-state index is 0.136. The molecule has 0 radical (unpaired) electrons. The van der Waals surface area contributed by atoms with Crippen LogP contribution in [0.3, 0.4) is 0 Å². The fourth-order valence-corrected chi connectivity index (χ4v) is 4.74. The average Bonchev–Trinajstić information content (AvgIpc) is 3.00. The normalized spacial score (nSPS) is 14.6. The van der Waals surface area contributed by atoms with Crippen LogP contribution in [0.1, 0.15) is 12.5 Å². The summed E-state index contributed by atoms with van der Waals surface area (Å²) in [5.74, 6) is 1.23. The Bertz CT molecular complexity index is 1070. The molecule has 7 nitrogen and oxygen atoms in total. The van der Waals surface area contributed by atoms with Crippen LogP contribution in [0.5, 0.6) is 17.2 Å². The summed E-state index contributed by atoms with van der Waals surface area (Å²) in [6.07, 6.45) is 1.77. The molecule has 1 aliphatic rings. The highest BCUT2D eigenvalue weighted by Gasteiger charge is 2.28. The van der Waals surface area contributed by atoms with Crippen molar-refractivity contribution >= 4 is 74.5 Å². The van der Waals surface area contributed by atoms with Crippen LogP contribution in [0.4, 0.5) is 5.69 Å². The Morgan fingerprint density at radius 3 is 2.56 bits per heavy atom. The van der Waals surface area contributed by atoms with Crippen LogP contribution < -0.4 is 19.5 Å². The number of thiocarbonyl (C=S) groups is 1. The molecule has 0 saturated carbocycles. The molecule has 1 N–H and O–H groups in total. The van der Waals surface area contributed by atoms with Crippen molar-refractivity contribution in [2.75, 3.05) is 32.7 Å². The summed E-state index contributed by atoms with van der Waals surface area (Å²) < 4.78 is 17.9. The number of methoxy groups -OCH3 is 1. The van der Waals surface area contributed by atoms with E-state index >= 15 is 0 Å². The molecule has 3 rings (SSSR count). The number of amides is 2. The molecular weight excluding hydrogens is 563 g/mol. The maximum Gasteiger partial charge on any atom is 0.265 e. The average molecular weight is 584 g/mol. The molecule has 2 amide bonds. The SMILES string of the molecule is CCOc1cc(/C=C2\SC(=S)N(C)C2=O)cc(I)c1OCC(=O)Nc1ccc(OC)cc1. The predicted octanol–water partition coefficient (Wildman–Crippen LogP) is 4.55. The van der Waals surface area contributed by atoms with Crippen molar-refractivity contribution in [3.05, 3.63) is 50.4 Å². The standard InChI is InChI=1S/C22H21IN2O5S2/c1-4-29-17-10-13(11-18-21(27)25(2)22(31)32-18)9-16(23)20(17)30-12-19(26)24-14-5-7-15(28-3)8-6-14/h5-11H,4,12H2,1-3H3,(H,24,26)/b18-11-. The lowest BCUT2D eigenvalue weighted by Gasteiger charge is -2.15. The maximum absolute atomic E-state index is 12.3. The van der Waals surface area contributed by atoms with Gasteiger partial charge in [0.05, 0.1) is 22.2 Å². The highest BCUT2D eigenvalue weighted by Crippen LogP contribution is 2.37. The van der Waals surface area contributed by atoms with Gasteiger partial charge in [-0.3, -0.25) is 14.5 Å². The highest BCUT2D eigenvalue weighted by molar-refractivity contribution is 14.1. The zero-order valence-electron chi connectivity index (χ0n) is 17.6. The van der Waals surface area contributed by atoms with Gasteiger partial charge in [-0.15, -0.1) is 0 Å². The summed E-state index contributed by atoms with van der Waals surface area (Å²) in [4.78, 5) is 26.6. The van der Waals surface area contributed by atoms with Crippen LogP contribution in [0.2, 0.25) is 0 Å². The first kappa shape index (κ1) is 24.3. The van der Waals surface area contributed by atoms with Gasteiger partial charge >= 0.3 is 0 Å². The number of carbonyl (C=O) groups is 2. The summed E-state index contributed by atoms with van der Waals surface area (Å²) in [6.45, 7) is 2.10. The van der Waals surface area contributed by atoms with E-state index in [-0.39, 0.29) is 18.4 Å². The number of nitrogens with zero attached hydrogens (tertiary/aromatic N) is 1. The lowest BCUT2D eigenvalue weighted by atomic mass is 10.2.